The molecule has 2 heteroatoms. The van der Waals surface area contributed by atoms with E-state index in [-0.39, 0.29) is 5.41 Å². The third kappa shape index (κ3) is 4.73. The van der Waals surface area contributed by atoms with E-state index in [1.165, 1.54) is 0 Å². The Balaban J connectivity index is 2.50. The van der Waals surface area contributed by atoms with Crippen LogP contribution in [0, 0.1) is 5.41 Å². The van der Waals surface area contributed by atoms with Gasteiger partial charge in [0.15, 0.2) is 0 Å². The minimum absolute atomic E-state index is 0.193. The molecule has 0 aliphatic rings. The van der Waals surface area contributed by atoms with Crippen LogP contribution in [0.3, 0.4) is 0 Å². The maximum absolute atomic E-state index is 5.65. The smallest absolute Gasteiger partial charge is 0.119 e. The van der Waals surface area contributed by atoms with Gasteiger partial charge in [0.05, 0.1) is 13.2 Å². The lowest BCUT2D eigenvalue weighted by Gasteiger charge is -2.18. The van der Waals surface area contributed by atoms with Gasteiger partial charge in [-0.1, -0.05) is 20.8 Å². The molecular formula is C13H20O2. The third-order valence-corrected chi connectivity index (χ3v) is 1.81. The van der Waals surface area contributed by atoms with Crippen molar-refractivity contribution in [1.29, 1.82) is 0 Å². The SMILES string of the molecule is CCOc1ccc(OCC(C)(C)C)cc1. The highest BCUT2D eigenvalue weighted by molar-refractivity contribution is 5.31. The molecule has 84 valence electrons. The van der Waals surface area contributed by atoms with Crippen molar-refractivity contribution in [3.8, 4) is 11.5 Å². The lowest BCUT2D eigenvalue weighted by atomic mass is 9.99. The standard InChI is InChI=1S/C13H20O2/c1-5-14-11-6-8-12(9-7-11)15-10-13(2,3)4/h6-9H,5,10H2,1-4H3. The lowest BCUT2D eigenvalue weighted by Crippen LogP contribution is -2.16. The molecule has 0 amide bonds. The van der Waals surface area contributed by atoms with Crippen LogP contribution in [0.2, 0.25) is 0 Å². The van der Waals surface area contributed by atoms with Gasteiger partial charge in [-0.15, -0.1) is 0 Å². The quantitative estimate of drug-likeness (QED) is 0.753. The number of ether oxygens (including phenoxy) is 2. The van der Waals surface area contributed by atoms with Crippen molar-refractivity contribution in [1.82, 2.24) is 0 Å². The van der Waals surface area contributed by atoms with Crippen LogP contribution in [0.5, 0.6) is 11.5 Å². The van der Waals surface area contributed by atoms with Gasteiger partial charge in [0.1, 0.15) is 11.5 Å². The fourth-order valence-electron chi connectivity index (χ4n) is 1.10. The summed E-state index contributed by atoms with van der Waals surface area (Å²) in [6, 6.07) is 7.75. The molecule has 1 rings (SSSR count). The van der Waals surface area contributed by atoms with Crippen molar-refractivity contribution in [2.45, 2.75) is 27.7 Å². The van der Waals surface area contributed by atoms with Crippen LogP contribution in [0.4, 0.5) is 0 Å². The predicted octanol–water partition coefficient (Wildman–Crippen LogP) is 3.51. The Morgan fingerprint density at radius 1 is 0.933 bits per heavy atom. The largest absolute Gasteiger partial charge is 0.494 e. The second-order valence-electron chi connectivity index (χ2n) is 4.75. The van der Waals surface area contributed by atoms with E-state index in [1.807, 2.05) is 31.2 Å². The molecule has 0 N–H and O–H groups in total. The Hall–Kier alpha value is -1.18. The second-order valence-corrected chi connectivity index (χ2v) is 4.75. The summed E-state index contributed by atoms with van der Waals surface area (Å²) >= 11 is 0. The molecule has 0 aliphatic heterocycles. The average Bonchev–Trinajstić information content (AvgIpc) is 2.16. The topological polar surface area (TPSA) is 18.5 Å². The molecular weight excluding hydrogens is 188 g/mol. The normalized spacial score (nSPS) is 11.2. The minimum atomic E-state index is 0.193. The van der Waals surface area contributed by atoms with E-state index in [1.54, 1.807) is 0 Å². The zero-order valence-corrected chi connectivity index (χ0v) is 10.0. The molecule has 0 aliphatic carbocycles. The Labute approximate surface area is 92.2 Å². The Morgan fingerprint density at radius 2 is 1.40 bits per heavy atom. The Morgan fingerprint density at radius 3 is 1.80 bits per heavy atom. The summed E-state index contributed by atoms with van der Waals surface area (Å²) in [6.07, 6.45) is 0. The second kappa shape index (κ2) is 5.06. The van der Waals surface area contributed by atoms with Crippen molar-refractivity contribution in [2.75, 3.05) is 13.2 Å². The summed E-state index contributed by atoms with van der Waals surface area (Å²) in [5.41, 5.74) is 0.193. The van der Waals surface area contributed by atoms with Gasteiger partial charge in [-0.05, 0) is 36.6 Å². The zero-order valence-electron chi connectivity index (χ0n) is 10.0. The van der Waals surface area contributed by atoms with Crippen molar-refractivity contribution >= 4 is 0 Å². The first kappa shape index (κ1) is 11.9. The zero-order chi connectivity index (χ0) is 11.3. The first-order valence-electron chi connectivity index (χ1n) is 5.37. The molecule has 0 bridgehead atoms. The fraction of sp³-hybridized carbons (Fsp3) is 0.538. The Bertz CT molecular complexity index is 282. The van der Waals surface area contributed by atoms with E-state index >= 15 is 0 Å². The van der Waals surface area contributed by atoms with E-state index < -0.39 is 0 Å². The van der Waals surface area contributed by atoms with Gasteiger partial charge in [0, 0.05) is 0 Å². The molecule has 15 heavy (non-hydrogen) atoms. The number of hydrogen-bond donors (Lipinski definition) is 0. The number of rotatable bonds is 4. The van der Waals surface area contributed by atoms with E-state index in [2.05, 4.69) is 20.8 Å². The molecule has 1 aromatic carbocycles. The fourth-order valence-corrected chi connectivity index (χ4v) is 1.10. The first-order valence-corrected chi connectivity index (χ1v) is 5.37. The van der Waals surface area contributed by atoms with Crippen molar-refractivity contribution in [3.05, 3.63) is 24.3 Å². The Kier molecular flexibility index (Phi) is 4.01. The summed E-state index contributed by atoms with van der Waals surface area (Å²) in [7, 11) is 0. The van der Waals surface area contributed by atoms with Gasteiger partial charge in [0.2, 0.25) is 0 Å². The summed E-state index contributed by atoms with van der Waals surface area (Å²) in [4.78, 5) is 0. The lowest BCUT2D eigenvalue weighted by molar-refractivity contribution is 0.197. The van der Waals surface area contributed by atoms with Crippen LogP contribution < -0.4 is 9.47 Å². The van der Waals surface area contributed by atoms with E-state index in [9.17, 15) is 0 Å². The highest BCUT2D eigenvalue weighted by atomic mass is 16.5. The van der Waals surface area contributed by atoms with Gasteiger partial charge in [-0.25, -0.2) is 0 Å². The maximum atomic E-state index is 5.65. The highest BCUT2D eigenvalue weighted by Crippen LogP contribution is 2.20. The number of hydrogen-bond acceptors (Lipinski definition) is 2. The molecule has 0 fully saturated rings. The van der Waals surface area contributed by atoms with Crippen molar-refractivity contribution < 1.29 is 9.47 Å². The van der Waals surface area contributed by atoms with E-state index in [0.717, 1.165) is 18.1 Å². The molecule has 0 unspecified atom stereocenters. The molecule has 0 aromatic heterocycles. The van der Waals surface area contributed by atoms with Gasteiger partial charge in [-0.3, -0.25) is 0 Å². The van der Waals surface area contributed by atoms with Crippen molar-refractivity contribution in [3.63, 3.8) is 0 Å². The monoisotopic (exact) mass is 208 g/mol. The molecule has 0 radical (unpaired) electrons. The third-order valence-electron chi connectivity index (χ3n) is 1.81. The molecule has 0 spiro atoms. The number of benzene rings is 1. The summed E-state index contributed by atoms with van der Waals surface area (Å²) in [5.74, 6) is 1.79. The van der Waals surface area contributed by atoms with Crippen LogP contribution in [-0.2, 0) is 0 Å². The van der Waals surface area contributed by atoms with Crippen molar-refractivity contribution in [2.24, 2.45) is 5.41 Å². The summed E-state index contributed by atoms with van der Waals surface area (Å²) in [5, 5.41) is 0. The molecule has 1 aromatic rings. The van der Waals surface area contributed by atoms with Gasteiger partial charge in [-0.2, -0.15) is 0 Å². The first-order chi connectivity index (χ1) is 7.01. The molecule has 0 saturated carbocycles. The van der Waals surface area contributed by atoms with Crippen LogP contribution in [0.25, 0.3) is 0 Å². The van der Waals surface area contributed by atoms with Gasteiger partial charge in [0.25, 0.3) is 0 Å². The molecule has 0 heterocycles. The van der Waals surface area contributed by atoms with Crippen LogP contribution in [-0.4, -0.2) is 13.2 Å². The molecule has 2 nitrogen and oxygen atoms in total. The van der Waals surface area contributed by atoms with Gasteiger partial charge >= 0.3 is 0 Å². The minimum Gasteiger partial charge on any atom is -0.494 e. The van der Waals surface area contributed by atoms with E-state index in [0.29, 0.717) is 6.61 Å². The molecule has 0 atom stereocenters. The predicted molar refractivity (Wildman–Crippen MR) is 62.6 cm³/mol. The highest BCUT2D eigenvalue weighted by Gasteiger charge is 2.10. The summed E-state index contributed by atoms with van der Waals surface area (Å²) < 4.78 is 11.0. The average molecular weight is 208 g/mol. The van der Waals surface area contributed by atoms with Crippen LogP contribution in [0.1, 0.15) is 27.7 Å². The molecule has 0 saturated heterocycles. The van der Waals surface area contributed by atoms with E-state index in [4.69, 9.17) is 9.47 Å². The summed E-state index contributed by atoms with van der Waals surface area (Å²) in [6.45, 7) is 9.86. The van der Waals surface area contributed by atoms with Crippen LogP contribution >= 0.6 is 0 Å². The van der Waals surface area contributed by atoms with Gasteiger partial charge < -0.3 is 9.47 Å². The van der Waals surface area contributed by atoms with Crippen LogP contribution in [0.15, 0.2) is 24.3 Å². The maximum Gasteiger partial charge on any atom is 0.119 e.